The second-order valence-electron chi connectivity index (χ2n) is 8.92. The quantitative estimate of drug-likeness (QED) is 0.160. The molecule has 1 saturated heterocycles. The van der Waals surface area contributed by atoms with Gasteiger partial charge in [-0.25, -0.2) is 4.98 Å². The molecule has 10 nitrogen and oxygen atoms in total. The van der Waals surface area contributed by atoms with Crippen LogP contribution in [-0.2, 0) is 9.59 Å². The van der Waals surface area contributed by atoms with Crippen molar-refractivity contribution >= 4 is 44.1 Å². The number of ether oxygens (including phenoxy) is 5. The number of anilines is 1. The predicted molar refractivity (Wildman–Crippen MR) is 155 cm³/mol. The average molecular weight is 577 g/mol. The van der Waals surface area contributed by atoms with Crippen molar-refractivity contribution in [3.05, 3.63) is 71.3 Å². The minimum atomic E-state index is -1.06. The SMILES string of the molecule is CCOc1ccc2nc(N3C(=O)C(=O)C(=C(O)c4ccc(OC)cc4)[C@H]3c3cc(OC)c(OC)c(OC)c3)sc2c1. The lowest BCUT2D eigenvalue weighted by atomic mass is 9.94. The van der Waals surface area contributed by atoms with Gasteiger partial charge in [-0.15, -0.1) is 0 Å². The van der Waals surface area contributed by atoms with Gasteiger partial charge in [0.05, 0.1) is 56.9 Å². The van der Waals surface area contributed by atoms with E-state index in [1.807, 2.05) is 13.0 Å². The van der Waals surface area contributed by atoms with Gasteiger partial charge < -0.3 is 28.8 Å². The maximum absolute atomic E-state index is 13.7. The summed E-state index contributed by atoms with van der Waals surface area (Å²) in [6, 6.07) is 14.2. The largest absolute Gasteiger partial charge is 0.507 e. The molecular weight excluding hydrogens is 548 g/mol. The van der Waals surface area contributed by atoms with Crippen molar-refractivity contribution in [2.24, 2.45) is 0 Å². The van der Waals surface area contributed by atoms with Gasteiger partial charge in [0.2, 0.25) is 5.75 Å². The summed E-state index contributed by atoms with van der Waals surface area (Å²) in [7, 11) is 5.95. The third-order valence-corrected chi connectivity index (χ3v) is 7.69. The minimum absolute atomic E-state index is 0.108. The first-order chi connectivity index (χ1) is 19.8. The molecule has 5 rings (SSSR count). The van der Waals surface area contributed by atoms with Crippen LogP contribution >= 0.6 is 11.3 Å². The van der Waals surface area contributed by atoms with Crippen LogP contribution in [0.5, 0.6) is 28.7 Å². The van der Waals surface area contributed by atoms with Crippen molar-refractivity contribution in [2.75, 3.05) is 39.9 Å². The zero-order valence-corrected chi connectivity index (χ0v) is 23.9. The van der Waals surface area contributed by atoms with Crippen LogP contribution in [0.25, 0.3) is 16.0 Å². The molecule has 1 atom stereocenters. The third kappa shape index (κ3) is 4.89. The molecule has 41 heavy (non-hydrogen) atoms. The number of aromatic nitrogens is 1. The van der Waals surface area contributed by atoms with E-state index in [-0.39, 0.29) is 16.5 Å². The van der Waals surface area contributed by atoms with Gasteiger partial charge in [0.1, 0.15) is 17.3 Å². The smallest absolute Gasteiger partial charge is 0.301 e. The fraction of sp³-hybridized carbons (Fsp3) is 0.233. The van der Waals surface area contributed by atoms with Crippen LogP contribution in [0.3, 0.4) is 0 Å². The van der Waals surface area contributed by atoms with E-state index in [9.17, 15) is 14.7 Å². The number of rotatable bonds is 9. The normalized spacial score (nSPS) is 16.2. The fourth-order valence-corrected chi connectivity index (χ4v) is 5.78. The van der Waals surface area contributed by atoms with E-state index in [2.05, 4.69) is 4.98 Å². The molecular formula is C30H28N2O8S. The Labute approximate surface area is 240 Å². The van der Waals surface area contributed by atoms with Crippen LogP contribution in [0.1, 0.15) is 24.1 Å². The van der Waals surface area contributed by atoms with Crippen LogP contribution in [0, 0.1) is 0 Å². The van der Waals surface area contributed by atoms with E-state index >= 15 is 0 Å². The summed E-state index contributed by atoms with van der Waals surface area (Å²) in [5, 5.41) is 11.8. The van der Waals surface area contributed by atoms with E-state index in [1.165, 1.54) is 44.7 Å². The lowest BCUT2D eigenvalue weighted by molar-refractivity contribution is -0.132. The fourth-order valence-electron chi connectivity index (χ4n) is 4.76. The number of aliphatic hydroxyl groups excluding tert-OH is 1. The van der Waals surface area contributed by atoms with Gasteiger partial charge >= 0.3 is 5.91 Å². The molecule has 4 aromatic rings. The molecule has 212 valence electrons. The Hall–Kier alpha value is -4.77. The molecule has 3 aromatic carbocycles. The molecule has 1 amide bonds. The van der Waals surface area contributed by atoms with Gasteiger partial charge in [-0.3, -0.25) is 14.5 Å². The second kappa shape index (κ2) is 11.4. The topological polar surface area (TPSA) is 117 Å². The molecule has 0 spiro atoms. The molecule has 0 bridgehead atoms. The molecule has 1 aromatic heterocycles. The summed E-state index contributed by atoms with van der Waals surface area (Å²) in [6.07, 6.45) is 0. The summed E-state index contributed by atoms with van der Waals surface area (Å²) in [5.74, 6) is 0.197. The summed E-state index contributed by atoms with van der Waals surface area (Å²) in [6.45, 7) is 2.39. The number of amides is 1. The Balaban J connectivity index is 1.75. The number of Topliss-reactive ketones (excluding diaryl/α,β-unsaturated/α-hetero) is 1. The summed E-state index contributed by atoms with van der Waals surface area (Å²) < 4.78 is 28.2. The number of methoxy groups -OCH3 is 4. The highest BCUT2D eigenvalue weighted by molar-refractivity contribution is 7.22. The van der Waals surface area contributed by atoms with Gasteiger partial charge in [-0.1, -0.05) is 11.3 Å². The summed E-state index contributed by atoms with van der Waals surface area (Å²) >= 11 is 1.23. The average Bonchev–Trinajstić information content (AvgIpc) is 3.53. The van der Waals surface area contributed by atoms with Gasteiger partial charge in [0, 0.05) is 5.56 Å². The number of ketones is 1. The van der Waals surface area contributed by atoms with E-state index < -0.39 is 17.7 Å². The number of carbonyl (C=O) groups excluding carboxylic acids is 2. The number of benzene rings is 3. The summed E-state index contributed by atoms with van der Waals surface area (Å²) in [4.78, 5) is 33.3. The van der Waals surface area contributed by atoms with Gasteiger partial charge in [-0.05, 0) is 67.1 Å². The Morgan fingerprint density at radius 1 is 0.902 bits per heavy atom. The number of carbonyl (C=O) groups is 2. The van der Waals surface area contributed by atoms with Crippen molar-refractivity contribution in [1.82, 2.24) is 4.98 Å². The van der Waals surface area contributed by atoms with E-state index in [4.69, 9.17) is 23.7 Å². The number of hydrogen-bond donors (Lipinski definition) is 1. The number of nitrogens with zero attached hydrogens (tertiary/aromatic N) is 2. The standard InChI is InChI=1S/C30H28N2O8S/c1-6-40-19-11-12-20-23(15-19)41-30(31-20)32-25(17-13-21(37-3)28(39-5)22(14-17)38-4)24(27(34)29(32)35)26(33)16-7-9-18(36-2)10-8-16/h7-15,25,33H,6H2,1-5H3/t25-/m1/s1. The zero-order chi connectivity index (χ0) is 29.3. The Kier molecular flexibility index (Phi) is 7.71. The van der Waals surface area contributed by atoms with Crippen molar-refractivity contribution < 1.29 is 38.4 Å². The highest BCUT2D eigenvalue weighted by Crippen LogP contribution is 2.48. The lowest BCUT2D eigenvalue weighted by Gasteiger charge is -2.24. The highest BCUT2D eigenvalue weighted by Gasteiger charge is 2.48. The Morgan fingerprint density at radius 2 is 1.56 bits per heavy atom. The van der Waals surface area contributed by atoms with Crippen LogP contribution in [0.4, 0.5) is 5.13 Å². The third-order valence-electron chi connectivity index (χ3n) is 6.68. The van der Waals surface area contributed by atoms with Crippen molar-refractivity contribution in [1.29, 1.82) is 0 Å². The monoisotopic (exact) mass is 576 g/mol. The molecule has 1 aliphatic rings. The molecule has 1 fully saturated rings. The lowest BCUT2D eigenvalue weighted by Crippen LogP contribution is -2.29. The van der Waals surface area contributed by atoms with Crippen molar-refractivity contribution in [2.45, 2.75) is 13.0 Å². The van der Waals surface area contributed by atoms with E-state index in [0.29, 0.717) is 52.0 Å². The Bertz CT molecular complexity index is 1640. The highest BCUT2D eigenvalue weighted by atomic mass is 32.1. The maximum atomic E-state index is 13.7. The molecule has 0 radical (unpaired) electrons. The zero-order valence-electron chi connectivity index (χ0n) is 23.1. The number of fused-ring (bicyclic) bond motifs is 1. The van der Waals surface area contributed by atoms with Crippen LogP contribution < -0.4 is 28.6 Å². The van der Waals surface area contributed by atoms with Gasteiger partial charge in [0.15, 0.2) is 16.6 Å². The Morgan fingerprint density at radius 3 is 2.15 bits per heavy atom. The van der Waals surface area contributed by atoms with E-state index in [1.54, 1.807) is 48.5 Å². The molecule has 0 unspecified atom stereocenters. The number of hydrogen-bond acceptors (Lipinski definition) is 10. The minimum Gasteiger partial charge on any atom is -0.507 e. The van der Waals surface area contributed by atoms with Crippen LogP contribution in [-0.4, -0.2) is 56.8 Å². The molecule has 0 saturated carbocycles. The molecule has 1 N–H and O–H groups in total. The number of aliphatic hydroxyl groups is 1. The number of thiazole rings is 1. The molecule has 11 heteroatoms. The first-order valence-corrected chi connectivity index (χ1v) is 13.5. The van der Waals surface area contributed by atoms with Crippen molar-refractivity contribution in [3.8, 4) is 28.7 Å². The summed E-state index contributed by atoms with van der Waals surface area (Å²) in [5.41, 5.74) is 1.31. The first kappa shape index (κ1) is 27.8. The maximum Gasteiger partial charge on any atom is 0.301 e. The van der Waals surface area contributed by atoms with Gasteiger partial charge in [-0.2, -0.15) is 0 Å². The molecule has 2 heterocycles. The van der Waals surface area contributed by atoms with E-state index in [0.717, 1.165) is 4.70 Å². The molecule has 1 aliphatic heterocycles. The van der Waals surface area contributed by atoms with Crippen LogP contribution in [0.15, 0.2) is 60.2 Å². The predicted octanol–water partition coefficient (Wildman–Crippen LogP) is 5.36. The molecule has 0 aliphatic carbocycles. The second-order valence-corrected chi connectivity index (χ2v) is 9.92. The first-order valence-electron chi connectivity index (χ1n) is 12.6. The van der Waals surface area contributed by atoms with Crippen molar-refractivity contribution in [3.63, 3.8) is 0 Å². The van der Waals surface area contributed by atoms with Gasteiger partial charge in [0.25, 0.3) is 5.78 Å². The van der Waals surface area contributed by atoms with Crippen LogP contribution in [0.2, 0.25) is 0 Å².